The van der Waals surface area contributed by atoms with E-state index in [0.29, 0.717) is 6.61 Å². The number of fused-ring (bicyclic) bond motifs is 1. The van der Waals surface area contributed by atoms with Crippen molar-refractivity contribution >= 4 is 5.78 Å². The molecule has 17 heavy (non-hydrogen) atoms. The molecule has 1 aliphatic carbocycles. The largest absolute Gasteiger partial charge is 0.371 e. The Hall–Kier alpha value is -0.710. The minimum absolute atomic E-state index is 0.0203. The normalized spacial score (nSPS) is 31.6. The third-order valence-corrected chi connectivity index (χ3v) is 2.74. The van der Waals surface area contributed by atoms with Crippen molar-refractivity contribution in [3.05, 3.63) is 11.6 Å². The maximum Gasteiger partial charge on any atom is 0.187 e. The van der Waals surface area contributed by atoms with E-state index in [1.54, 1.807) is 6.08 Å². The number of ketones is 1. The lowest BCUT2D eigenvalue weighted by molar-refractivity contribution is -0.153. The van der Waals surface area contributed by atoms with Gasteiger partial charge in [0, 0.05) is 0 Å². The molecule has 2 rings (SSSR count). The van der Waals surface area contributed by atoms with E-state index in [1.165, 1.54) is 0 Å². The first-order valence-electron chi connectivity index (χ1n) is 5.92. The van der Waals surface area contributed by atoms with Crippen LogP contribution in [0.25, 0.3) is 0 Å². The molecule has 2 atom stereocenters. The van der Waals surface area contributed by atoms with Crippen LogP contribution in [0.1, 0.15) is 34.6 Å². The molecule has 0 spiro atoms. The van der Waals surface area contributed by atoms with Gasteiger partial charge in [0.1, 0.15) is 6.10 Å². The smallest absolute Gasteiger partial charge is 0.187 e. The van der Waals surface area contributed by atoms with Gasteiger partial charge in [-0.25, -0.2) is 0 Å². The lowest BCUT2D eigenvalue weighted by Gasteiger charge is -2.22. The summed E-state index contributed by atoms with van der Waals surface area (Å²) in [6.07, 6.45) is 0.833. The second-order valence-corrected chi connectivity index (χ2v) is 6.00. The highest BCUT2D eigenvalue weighted by Gasteiger charge is 2.49. The monoisotopic (exact) mass is 240 g/mol. The standard InChI is InChI=1S/C13H20O4/c1-12(2,3)15-7-8-6-9(14)11-10(8)16-13(4,5)17-11/h6,10-11H,7H2,1-5H3/t10-,11+/m0/s1. The van der Waals surface area contributed by atoms with Crippen molar-refractivity contribution in [1.29, 1.82) is 0 Å². The molecule has 0 radical (unpaired) electrons. The summed E-state index contributed by atoms with van der Waals surface area (Å²) in [5.41, 5.74) is 0.650. The molecule has 1 saturated heterocycles. The van der Waals surface area contributed by atoms with E-state index in [1.807, 2.05) is 34.6 Å². The predicted molar refractivity (Wildman–Crippen MR) is 62.6 cm³/mol. The minimum Gasteiger partial charge on any atom is -0.371 e. The van der Waals surface area contributed by atoms with Crippen molar-refractivity contribution in [2.75, 3.05) is 6.61 Å². The Labute approximate surface area is 102 Å². The number of hydrogen-bond donors (Lipinski definition) is 0. The molecule has 1 aliphatic heterocycles. The third kappa shape index (κ3) is 2.76. The van der Waals surface area contributed by atoms with Crippen molar-refractivity contribution in [2.24, 2.45) is 0 Å². The van der Waals surface area contributed by atoms with E-state index in [0.717, 1.165) is 5.57 Å². The number of ether oxygens (including phenoxy) is 3. The van der Waals surface area contributed by atoms with Crippen LogP contribution < -0.4 is 0 Å². The number of carbonyl (C=O) groups excluding carboxylic acids is 1. The molecule has 0 aromatic heterocycles. The van der Waals surface area contributed by atoms with Crippen LogP contribution in [-0.2, 0) is 19.0 Å². The quantitative estimate of drug-likeness (QED) is 0.738. The molecule has 0 saturated carbocycles. The van der Waals surface area contributed by atoms with Gasteiger partial charge in [0.25, 0.3) is 0 Å². The first-order chi connectivity index (χ1) is 7.68. The van der Waals surface area contributed by atoms with Crippen LogP contribution in [0.3, 0.4) is 0 Å². The molecule has 0 bridgehead atoms. The van der Waals surface area contributed by atoms with Gasteiger partial charge in [-0.1, -0.05) is 0 Å². The molecule has 96 valence electrons. The first-order valence-corrected chi connectivity index (χ1v) is 5.92. The Morgan fingerprint density at radius 1 is 1.29 bits per heavy atom. The van der Waals surface area contributed by atoms with Crippen LogP contribution in [-0.4, -0.2) is 36.0 Å². The third-order valence-electron chi connectivity index (χ3n) is 2.74. The average molecular weight is 240 g/mol. The average Bonchev–Trinajstić information content (AvgIpc) is 2.58. The van der Waals surface area contributed by atoms with E-state index in [4.69, 9.17) is 14.2 Å². The highest BCUT2D eigenvalue weighted by atomic mass is 16.8. The summed E-state index contributed by atoms with van der Waals surface area (Å²) in [4.78, 5) is 11.7. The van der Waals surface area contributed by atoms with E-state index in [-0.39, 0.29) is 17.5 Å². The molecule has 4 nitrogen and oxygen atoms in total. The maximum absolute atomic E-state index is 11.7. The van der Waals surface area contributed by atoms with Gasteiger partial charge >= 0.3 is 0 Å². The van der Waals surface area contributed by atoms with Gasteiger partial charge < -0.3 is 14.2 Å². The Bertz CT molecular complexity index is 362. The highest BCUT2D eigenvalue weighted by Crippen LogP contribution is 2.36. The SMILES string of the molecule is CC(C)(C)OCC1=CC(=O)[C@H]2OC(C)(C)O[C@@H]12. The summed E-state index contributed by atoms with van der Waals surface area (Å²) in [5, 5.41) is 0. The first kappa shape index (κ1) is 12.7. The Balaban J connectivity index is 2.05. The predicted octanol–water partition coefficient (Wildman–Crippen LogP) is 1.83. The minimum atomic E-state index is -0.688. The van der Waals surface area contributed by atoms with Crippen LogP contribution in [0.15, 0.2) is 11.6 Å². The van der Waals surface area contributed by atoms with E-state index in [2.05, 4.69) is 0 Å². The second kappa shape index (κ2) is 3.90. The summed E-state index contributed by atoms with van der Waals surface area (Å²) in [5.74, 6) is -0.709. The fourth-order valence-corrected chi connectivity index (χ4v) is 2.01. The molecule has 1 heterocycles. The fraction of sp³-hybridized carbons (Fsp3) is 0.769. The van der Waals surface area contributed by atoms with Crippen molar-refractivity contribution in [2.45, 2.75) is 58.2 Å². The lowest BCUT2D eigenvalue weighted by Crippen LogP contribution is -2.28. The molecular weight excluding hydrogens is 220 g/mol. The summed E-state index contributed by atoms with van der Waals surface area (Å²) in [6.45, 7) is 10.0. The maximum atomic E-state index is 11.7. The summed E-state index contributed by atoms with van der Waals surface area (Å²) in [7, 11) is 0. The van der Waals surface area contributed by atoms with E-state index in [9.17, 15) is 4.79 Å². The molecule has 0 unspecified atom stereocenters. The van der Waals surface area contributed by atoms with Gasteiger partial charge in [-0.05, 0) is 46.3 Å². The van der Waals surface area contributed by atoms with Crippen LogP contribution in [0.4, 0.5) is 0 Å². The number of rotatable bonds is 2. The van der Waals surface area contributed by atoms with Gasteiger partial charge in [-0.2, -0.15) is 0 Å². The Morgan fingerprint density at radius 3 is 2.47 bits per heavy atom. The Kier molecular flexibility index (Phi) is 2.92. The molecule has 0 amide bonds. The summed E-state index contributed by atoms with van der Waals surface area (Å²) in [6, 6.07) is 0. The molecule has 2 aliphatic rings. The van der Waals surface area contributed by atoms with Gasteiger partial charge in [0.05, 0.1) is 12.2 Å². The lowest BCUT2D eigenvalue weighted by atomic mass is 10.1. The zero-order valence-corrected chi connectivity index (χ0v) is 11.1. The van der Waals surface area contributed by atoms with Gasteiger partial charge in [-0.15, -0.1) is 0 Å². The van der Waals surface area contributed by atoms with Crippen LogP contribution >= 0.6 is 0 Å². The van der Waals surface area contributed by atoms with Gasteiger partial charge in [0.15, 0.2) is 17.7 Å². The van der Waals surface area contributed by atoms with E-state index < -0.39 is 11.9 Å². The van der Waals surface area contributed by atoms with Crippen LogP contribution in [0.5, 0.6) is 0 Å². The van der Waals surface area contributed by atoms with Crippen LogP contribution in [0.2, 0.25) is 0 Å². The van der Waals surface area contributed by atoms with Gasteiger partial charge in [0.2, 0.25) is 0 Å². The van der Waals surface area contributed by atoms with Crippen LogP contribution in [0, 0.1) is 0 Å². The molecule has 0 aromatic rings. The fourth-order valence-electron chi connectivity index (χ4n) is 2.01. The summed E-state index contributed by atoms with van der Waals surface area (Å²) >= 11 is 0. The number of hydrogen-bond acceptors (Lipinski definition) is 4. The Morgan fingerprint density at radius 2 is 1.88 bits per heavy atom. The summed E-state index contributed by atoms with van der Waals surface area (Å²) < 4.78 is 17.0. The van der Waals surface area contributed by atoms with Crippen molar-refractivity contribution < 1.29 is 19.0 Å². The highest BCUT2D eigenvalue weighted by molar-refractivity contribution is 5.98. The van der Waals surface area contributed by atoms with Crippen molar-refractivity contribution in [3.63, 3.8) is 0 Å². The van der Waals surface area contributed by atoms with Gasteiger partial charge in [-0.3, -0.25) is 4.79 Å². The molecular formula is C13H20O4. The molecule has 0 aromatic carbocycles. The van der Waals surface area contributed by atoms with Crippen molar-refractivity contribution in [3.8, 4) is 0 Å². The molecule has 0 N–H and O–H groups in total. The zero-order valence-electron chi connectivity index (χ0n) is 11.1. The zero-order chi connectivity index (χ0) is 12.8. The number of carbonyl (C=O) groups is 1. The second-order valence-electron chi connectivity index (χ2n) is 6.00. The molecule has 4 heteroatoms. The van der Waals surface area contributed by atoms with E-state index >= 15 is 0 Å². The molecule has 1 fully saturated rings. The topological polar surface area (TPSA) is 44.8 Å². The van der Waals surface area contributed by atoms with Crippen molar-refractivity contribution in [1.82, 2.24) is 0 Å².